The van der Waals surface area contributed by atoms with Crippen LogP contribution in [-0.2, 0) is 4.79 Å². The van der Waals surface area contributed by atoms with Gasteiger partial charge in [0.1, 0.15) is 11.8 Å². The average Bonchev–Trinajstić information content (AvgIpc) is 2.53. The molecule has 2 rings (SSSR count). The summed E-state index contributed by atoms with van der Waals surface area (Å²) in [5, 5.41) is 5.53. The van der Waals surface area contributed by atoms with Crippen LogP contribution >= 0.6 is 11.6 Å². The van der Waals surface area contributed by atoms with Gasteiger partial charge in [-0.1, -0.05) is 35.9 Å². The number of amides is 1. The Hall–Kier alpha value is -2.04. The lowest BCUT2D eigenvalue weighted by molar-refractivity contribution is -0.682. The van der Waals surface area contributed by atoms with Crippen LogP contribution in [0.2, 0.25) is 5.02 Å². The van der Waals surface area contributed by atoms with Crippen molar-refractivity contribution >= 4 is 23.2 Å². The molecule has 2 aromatic rings. The lowest BCUT2D eigenvalue weighted by atomic mass is 10.1. The minimum atomic E-state index is -0.0628. The first kappa shape index (κ1) is 16.3. The molecule has 0 heterocycles. The maximum absolute atomic E-state index is 12.0. The van der Waals surface area contributed by atoms with Crippen molar-refractivity contribution < 1.29 is 14.8 Å². The summed E-state index contributed by atoms with van der Waals surface area (Å²) in [5.41, 5.74) is 1.75. The summed E-state index contributed by atoms with van der Waals surface area (Å²) in [4.78, 5) is 12.0. The zero-order valence-electron chi connectivity index (χ0n) is 12.7. The molecule has 0 saturated heterocycles. The summed E-state index contributed by atoms with van der Waals surface area (Å²) >= 11 is 6.16. The van der Waals surface area contributed by atoms with Gasteiger partial charge in [0.15, 0.2) is 6.54 Å². The zero-order chi connectivity index (χ0) is 15.9. The van der Waals surface area contributed by atoms with E-state index in [1.807, 2.05) is 54.7 Å². The highest BCUT2D eigenvalue weighted by molar-refractivity contribution is 6.31. The molecule has 1 amide bonds. The van der Waals surface area contributed by atoms with Gasteiger partial charge in [-0.2, -0.15) is 0 Å². The number of carbonyl (C=O) groups excluding carboxylic acids is 1. The summed E-state index contributed by atoms with van der Waals surface area (Å²) in [6.45, 7) is 2.35. The van der Waals surface area contributed by atoms with E-state index < -0.39 is 0 Å². The van der Waals surface area contributed by atoms with E-state index in [-0.39, 0.29) is 11.9 Å². The SMILES string of the molecule is COc1cccc(NC(=O)C[NH2+][C@H](C)c2ccccc2Cl)c1. The maximum atomic E-state index is 12.0. The zero-order valence-corrected chi connectivity index (χ0v) is 13.4. The number of hydrogen-bond acceptors (Lipinski definition) is 2. The standard InChI is InChI=1S/C17H19ClN2O2/c1-12(15-8-3-4-9-16(15)18)19-11-17(21)20-13-6-5-7-14(10-13)22-2/h3-10,12,19H,11H2,1-2H3,(H,20,21)/p+1/t12-/m1/s1. The number of anilines is 1. The minimum absolute atomic E-state index is 0.0628. The maximum Gasteiger partial charge on any atom is 0.279 e. The minimum Gasteiger partial charge on any atom is -0.497 e. The van der Waals surface area contributed by atoms with Gasteiger partial charge in [0.05, 0.1) is 7.11 Å². The third-order valence-corrected chi connectivity index (χ3v) is 3.75. The molecule has 0 spiro atoms. The van der Waals surface area contributed by atoms with Crippen molar-refractivity contribution in [1.29, 1.82) is 0 Å². The Morgan fingerprint density at radius 2 is 2.05 bits per heavy atom. The van der Waals surface area contributed by atoms with Crippen LogP contribution in [0.15, 0.2) is 48.5 Å². The Balaban J connectivity index is 1.88. The molecular weight excluding hydrogens is 300 g/mol. The molecule has 0 saturated carbocycles. The smallest absolute Gasteiger partial charge is 0.279 e. The molecule has 5 heteroatoms. The number of hydrogen-bond donors (Lipinski definition) is 2. The third-order valence-electron chi connectivity index (χ3n) is 3.41. The molecule has 116 valence electrons. The molecule has 0 bridgehead atoms. The van der Waals surface area contributed by atoms with Gasteiger partial charge < -0.3 is 15.4 Å². The Bertz CT molecular complexity index is 646. The van der Waals surface area contributed by atoms with E-state index >= 15 is 0 Å². The van der Waals surface area contributed by atoms with E-state index in [1.54, 1.807) is 13.2 Å². The Morgan fingerprint density at radius 3 is 2.77 bits per heavy atom. The summed E-state index contributed by atoms with van der Waals surface area (Å²) < 4.78 is 5.13. The second kappa shape index (κ2) is 7.82. The fraction of sp³-hybridized carbons (Fsp3) is 0.235. The van der Waals surface area contributed by atoms with Gasteiger partial charge in [0.25, 0.3) is 5.91 Å². The van der Waals surface area contributed by atoms with E-state index in [2.05, 4.69) is 5.32 Å². The summed E-state index contributed by atoms with van der Waals surface area (Å²) in [6.07, 6.45) is 0. The summed E-state index contributed by atoms with van der Waals surface area (Å²) in [7, 11) is 1.60. The molecule has 0 radical (unpaired) electrons. The third kappa shape index (κ3) is 4.48. The van der Waals surface area contributed by atoms with Crippen LogP contribution in [0.5, 0.6) is 5.75 Å². The van der Waals surface area contributed by atoms with Crippen molar-refractivity contribution in [2.75, 3.05) is 19.0 Å². The van der Waals surface area contributed by atoms with Gasteiger partial charge in [-0.15, -0.1) is 0 Å². The molecule has 4 nitrogen and oxygen atoms in total. The number of carbonyl (C=O) groups is 1. The first-order valence-electron chi connectivity index (χ1n) is 7.12. The van der Waals surface area contributed by atoms with Crippen molar-refractivity contribution in [2.24, 2.45) is 0 Å². The highest BCUT2D eigenvalue weighted by Crippen LogP contribution is 2.19. The number of halogens is 1. The second-order valence-corrected chi connectivity index (χ2v) is 5.44. The largest absolute Gasteiger partial charge is 0.497 e. The molecule has 22 heavy (non-hydrogen) atoms. The van der Waals surface area contributed by atoms with E-state index in [0.29, 0.717) is 12.3 Å². The van der Waals surface area contributed by atoms with Crippen LogP contribution in [0.25, 0.3) is 0 Å². The first-order chi connectivity index (χ1) is 10.6. The quantitative estimate of drug-likeness (QED) is 0.860. The number of nitrogens with one attached hydrogen (secondary N) is 1. The van der Waals surface area contributed by atoms with E-state index in [0.717, 1.165) is 16.3 Å². The second-order valence-electron chi connectivity index (χ2n) is 5.03. The van der Waals surface area contributed by atoms with Gasteiger partial charge in [-0.25, -0.2) is 0 Å². The predicted octanol–water partition coefficient (Wildman–Crippen LogP) is 2.61. The summed E-state index contributed by atoms with van der Waals surface area (Å²) in [5.74, 6) is 0.651. The van der Waals surface area contributed by atoms with Crippen LogP contribution < -0.4 is 15.4 Å². The number of quaternary nitrogens is 1. The Morgan fingerprint density at radius 1 is 1.27 bits per heavy atom. The highest BCUT2D eigenvalue weighted by Gasteiger charge is 2.14. The highest BCUT2D eigenvalue weighted by atomic mass is 35.5. The van der Waals surface area contributed by atoms with Crippen LogP contribution in [-0.4, -0.2) is 19.6 Å². The van der Waals surface area contributed by atoms with Crippen LogP contribution in [0, 0.1) is 0 Å². The topological polar surface area (TPSA) is 54.9 Å². The van der Waals surface area contributed by atoms with Crippen LogP contribution in [0.3, 0.4) is 0 Å². The molecule has 0 aliphatic carbocycles. The van der Waals surface area contributed by atoms with E-state index in [1.165, 1.54) is 0 Å². The molecule has 2 aromatic carbocycles. The normalized spacial score (nSPS) is 11.8. The predicted molar refractivity (Wildman–Crippen MR) is 88.3 cm³/mol. The fourth-order valence-corrected chi connectivity index (χ4v) is 2.48. The van der Waals surface area contributed by atoms with Gasteiger partial charge >= 0.3 is 0 Å². The molecule has 0 aromatic heterocycles. The van der Waals surface area contributed by atoms with E-state index in [4.69, 9.17) is 16.3 Å². The van der Waals surface area contributed by atoms with Gasteiger partial charge in [-0.05, 0) is 25.1 Å². The molecule has 3 N–H and O–H groups in total. The number of methoxy groups -OCH3 is 1. The van der Waals surface area contributed by atoms with Crippen molar-refractivity contribution in [3.05, 3.63) is 59.1 Å². The summed E-state index contributed by atoms with van der Waals surface area (Å²) in [6, 6.07) is 15.1. The molecular formula is C17H20ClN2O2+. The first-order valence-corrected chi connectivity index (χ1v) is 7.49. The molecule has 0 aliphatic heterocycles. The van der Waals surface area contributed by atoms with Crippen molar-refractivity contribution in [2.45, 2.75) is 13.0 Å². The lowest BCUT2D eigenvalue weighted by Crippen LogP contribution is -2.86. The monoisotopic (exact) mass is 319 g/mol. The van der Waals surface area contributed by atoms with Gasteiger partial charge in [-0.3, -0.25) is 4.79 Å². The number of ether oxygens (including phenoxy) is 1. The van der Waals surface area contributed by atoms with Crippen molar-refractivity contribution in [3.63, 3.8) is 0 Å². The Labute approximate surface area is 135 Å². The van der Waals surface area contributed by atoms with Crippen molar-refractivity contribution in [1.82, 2.24) is 0 Å². The fourth-order valence-electron chi connectivity index (χ4n) is 2.17. The van der Waals surface area contributed by atoms with Crippen LogP contribution in [0.4, 0.5) is 5.69 Å². The number of nitrogens with two attached hydrogens (primary N) is 1. The number of benzene rings is 2. The molecule has 0 fully saturated rings. The molecule has 0 unspecified atom stereocenters. The van der Waals surface area contributed by atoms with Crippen LogP contribution in [0.1, 0.15) is 18.5 Å². The number of rotatable bonds is 6. The van der Waals surface area contributed by atoms with Crippen molar-refractivity contribution in [3.8, 4) is 5.75 Å². The molecule has 1 atom stereocenters. The van der Waals surface area contributed by atoms with Gasteiger partial charge in [0, 0.05) is 22.3 Å². The van der Waals surface area contributed by atoms with E-state index in [9.17, 15) is 4.79 Å². The lowest BCUT2D eigenvalue weighted by Gasteiger charge is -2.12. The average molecular weight is 320 g/mol. The van der Waals surface area contributed by atoms with Gasteiger partial charge in [0.2, 0.25) is 0 Å². The Kier molecular flexibility index (Phi) is 5.81. The molecule has 0 aliphatic rings.